The molecule has 0 saturated carbocycles. The van der Waals surface area contributed by atoms with Gasteiger partial charge in [0.1, 0.15) is 11.3 Å². The Labute approximate surface area is 394 Å². The van der Waals surface area contributed by atoms with Gasteiger partial charge in [0.15, 0.2) is 5.65 Å². The molecule has 0 amide bonds. The summed E-state index contributed by atoms with van der Waals surface area (Å²) >= 11 is 0. The predicted molar refractivity (Wildman–Crippen MR) is 283 cm³/mol. The topological polar surface area (TPSA) is 30.9 Å². The zero-order valence-electron chi connectivity index (χ0n) is 37.1. The fourth-order valence-corrected chi connectivity index (χ4v) is 10.2. The lowest BCUT2D eigenvalue weighted by Gasteiger charge is -2.26. The lowest BCUT2D eigenvalue weighted by Crippen LogP contribution is -2.10. The molecule has 5 nitrogen and oxygen atoms in total. The van der Waals surface area contributed by atoms with Crippen LogP contribution in [0.15, 0.2) is 261 Å². The van der Waals surface area contributed by atoms with Crippen LogP contribution < -0.4 is 4.90 Å². The van der Waals surface area contributed by atoms with Crippen molar-refractivity contribution in [3.8, 4) is 50.7 Å². The van der Waals surface area contributed by atoms with Gasteiger partial charge in [0.05, 0.1) is 16.6 Å². The van der Waals surface area contributed by atoms with Crippen LogP contribution in [0.4, 0.5) is 17.1 Å². The quantitative estimate of drug-likeness (QED) is 0.145. The van der Waals surface area contributed by atoms with Crippen molar-refractivity contribution in [3.63, 3.8) is 0 Å². The maximum absolute atomic E-state index is 5.56. The average molecular weight is 870 g/mol. The van der Waals surface area contributed by atoms with Crippen molar-refractivity contribution in [1.29, 1.82) is 0 Å². The molecule has 0 fully saturated rings. The van der Waals surface area contributed by atoms with Crippen molar-refractivity contribution in [2.24, 2.45) is 0 Å². The first kappa shape index (κ1) is 39.2. The van der Waals surface area contributed by atoms with Crippen LogP contribution in [0.1, 0.15) is 0 Å². The highest BCUT2D eigenvalue weighted by Crippen LogP contribution is 2.45. The molecule has 0 aliphatic carbocycles. The Kier molecular flexibility index (Phi) is 9.43. The lowest BCUT2D eigenvalue weighted by molar-refractivity contribution is 1.10. The van der Waals surface area contributed by atoms with Crippen LogP contribution in [0.25, 0.3) is 94.6 Å². The third-order valence-corrected chi connectivity index (χ3v) is 13.3. The molecule has 0 N–H and O–H groups in total. The van der Waals surface area contributed by atoms with Crippen molar-refractivity contribution >= 4 is 60.9 Å². The first-order chi connectivity index (χ1) is 33.8. The van der Waals surface area contributed by atoms with Crippen molar-refractivity contribution in [2.45, 2.75) is 0 Å². The number of hydrogen-bond acceptors (Lipinski definition) is 2. The van der Waals surface area contributed by atoms with Crippen molar-refractivity contribution in [2.75, 3.05) is 4.90 Å². The number of imidazole rings is 1. The van der Waals surface area contributed by atoms with Crippen LogP contribution in [0.3, 0.4) is 0 Å². The van der Waals surface area contributed by atoms with E-state index in [1.807, 2.05) is 0 Å². The summed E-state index contributed by atoms with van der Waals surface area (Å²) in [5, 5.41) is 3.54. The Morgan fingerprint density at radius 1 is 0.279 bits per heavy atom. The first-order valence-corrected chi connectivity index (χ1v) is 23.1. The van der Waals surface area contributed by atoms with Gasteiger partial charge < -0.3 is 9.47 Å². The van der Waals surface area contributed by atoms with E-state index < -0.39 is 0 Å². The smallest absolute Gasteiger partial charge is 0.165 e. The van der Waals surface area contributed by atoms with Crippen LogP contribution in [-0.2, 0) is 0 Å². The van der Waals surface area contributed by atoms with Crippen LogP contribution in [0, 0.1) is 0 Å². The number of hydrogen-bond donors (Lipinski definition) is 0. The summed E-state index contributed by atoms with van der Waals surface area (Å²) in [6.07, 6.45) is 0. The van der Waals surface area contributed by atoms with Gasteiger partial charge >= 0.3 is 0 Å². The fourth-order valence-electron chi connectivity index (χ4n) is 10.2. The molecule has 0 saturated heterocycles. The van der Waals surface area contributed by atoms with Gasteiger partial charge in [-0.25, -0.2) is 4.98 Å². The van der Waals surface area contributed by atoms with Gasteiger partial charge in [0, 0.05) is 55.8 Å². The fraction of sp³-hybridized carbons (Fsp3) is 0. The van der Waals surface area contributed by atoms with Crippen molar-refractivity contribution in [1.82, 2.24) is 18.7 Å². The number of aromatic nitrogens is 4. The Hall–Kier alpha value is -9.19. The number of fused-ring (bicyclic) bond motifs is 7. The highest BCUT2D eigenvalue weighted by Gasteiger charge is 2.27. The first-order valence-electron chi connectivity index (χ1n) is 23.1. The second-order valence-corrected chi connectivity index (χ2v) is 17.2. The molecule has 0 atom stereocenters. The van der Waals surface area contributed by atoms with Gasteiger partial charge in [-0.15, -0.1) is 0 Å². The molecular formula is C63H43N5. The molecule has 0 spiro atoms. The maximum Gasteiger partial charge on any atom is 0.165 e. The van der Waals surface area contributed by atoms with Crippen molar-refractivity contribution < 1.29 is 0 Å². The largest absolute Gasteiger partial charge is 0.311 e. The monoisotopic (exact) mass is 869 g/mol. The third kappa shape index (κ3) is 6.51. The summed E-state index contributed by atoms with van der Waals surface area (Å²) in [5.41, 5.74) is 17.6. The average Bonchev–Trinajstić information content (AvgIpc) is 4.08. The molecule has 3 aromatic heterocycles. The molecule has 320 valence electrons. The van der Waals surface area contributed by atoms with Gasteiger partial charge in [0.25, 0.3) is 0 Å². The maximum atomic E-state index is 5.56. The number of benzene rings is 10. The van der Waals surface area contributed by atoms with E-state index in [1.54, 1.807) is 0 Å². The van der Waals surface area contributed by atoms with Crippen LogP contribution in [0.5, 0.6) is 0 Å². The summed E-state index contributed by atoms with van der Waals surface area (Å²) in [7, 11) is 0. The van der Waals surface area contributed by atoms with E-state index in [1.165, 1.54) is 33.0 Å². The zero-order valence-corrected chi connectivity index (χ0v) is 37.1. The van der Waals surface area contributed by atoms with E-state index in [0.29, 0.717) is 0 Å². The van der Waals surface area contributed by atoms with Crippen molar-refractivity contribution in [3.05, 3.63) is 261 Å². The molecule has 0 aliphatic heterocycles. The molecule has 68 heavy (non-hydrogen) atoms. The summed E-state index contributed by atoms with van der Waals surface area (Å²) < 4.78 is 7.12. The van der Waals surface area contributed by atoms with Crippen LogP contribution >= 0.6 is 0 Å². The minimum absolute atomic E-state index is 0.902. The van der Waals surface area contributed by atoms with E-state index in [-0.39, 0.29) is 0 Å². The lowest BCUT2D eigenvalue weighted by atomic mass is 10.0. The molecule has 3 heterocycles. The molecule has 0 unspecified atom stereocenters. The molecular weight excluding hydrogens is 827 g/mol. The highest BCUT2D eigenvalue weighted by atomic mass is 15.2. The number of para-hydroxylation sites is 3. The molecule has 13 aromatic rings. The Balaban J connectivity index is 1.01. The van der Waals surface area contributed by atoms with E-state index in [2.05, 4.69) is 279 Å². The highest BCUT2D eigenvalue weighted by molar-refractivity contribution is 6.28. The molecule has 0 bridgehead atoms. The Morgan fingerprint density at radius 3 is 1.21 bits per heavy atom. The third-order valence-electron chi connectivity index (χ3n) is 13.3. The molecule has 13 rings (SSSR count). The van der Waals surface area contributed by atoms with E-state index in [0.717, 1.165) is 78.6 Å². The van der Waals surface area contributed by atoms with Crippen LogP contribution in [-0.4, -0.2) is 18.7 Å². The second kappa shape index (κ2) is 16.4. The summed E-state index contributed by atoms with van der Waals surface area (Å²) in [4.78, 5) is 7.90. The molecule has 0 radical (unpaired) electrons. The predicted octanol–water partition coefficient (Wildman–Crippen LogP) is 16.5. The Morgan fingerprint density at radius 2 is 0.676 bits per heavy atom. The minimum atomic E-state index is 0.902. The van der Waals surface area contributed by atoms with E-state index >= 15 is 0 Å². The van der Waals surface area contributed by atoms with Gasteiger partial charge in [-0.3, -0.25) is 9.13 Å². The molecule has 5 heteroatoms. The Bertz CT molecular complexity index is 3810. The summed E-state index contributed by atoms with van der Waals surface area (Å²) in [6, 6.07) is 93.2. The van der Waals surface area contributed by atoms with E-state index in [9.17, 15) is 0 Å². The van der Waals surface area contributed by atoms with Crippen LogP contribution in [0.2, 0.25) is 0 Å². The second-order valence-electron chi connectivity index (χ2n) is 17.2. The summed E-state index contributed by atoms with van der Waals surface area (Å²) in [6.45, 7) is 0. The number of nitrogens with zero attached hydrogens (tertiary/aromatic N) is 5. The van der Waals surface area contributed by atoms with Gasteiger partial charge in [-0.2, -0.15) is 0 Å². The van der Waals surface area contributed by atoms with Gasteiger partial charge in [0.2, 0.25) is 0 Å². The minimum Gasteiger partial charge on any atom is -0.311 e. The van der Waals surface area contributed by atoms with E-state index in [4.69, 9.17) is 4.98 Å². The molecule has 0 aliphatic rings. The van der Waals surface area contributed by atoms with Gasteiger partial charge in [-0.1, -0.05) is 170 Å². The summed E-state index contributed by atoms with van der Waals surface area (Å²) in [5.74, 6) is 0.902. The molecule has 10 aromatic carbocycles. The SMILES string of the molecule is c1ccc(-c2ccc(N(c3ccc(-c4ccccc4)cc3)c3ccc(-n4c5ccccc5c5c6c7c(nc(-c8ccccc8)n7-c7ccccc7)n(-c7ccccc7)c6ccc54)cc3)cc2)cc1. The van der Waals surface area contributed by atoms with Gasteiger partial charge in [-0.05, 0) is 113 Å². The standard InChI is InChI=1S/C63H43N5/c1-6-18-44(19-7-1)46-30-34-51(35-31-46)65(52-36-32-47(33-37-52)45-20-8-2-9-21-45)53-38-40-54(41-39-53)66-56-29-17-16-28-55(56)59-57(66)42-43-58-60(59)61-63(67(58)49-24-12-4-13-25-49)64-62(48-22-10-3-11-23-48)68(61)50-26-14-5-15-27-50/h1-43H. The normalized spacial score (nSPS) is 11.5. The number of anilines is 3. The number of rotatable bonds is 9. The zero-order chi connectivity index (χ0) is 45.0.